The van der Waals surface area contributed by atoms with Crippen LogP contribution < -0.4 is 10.2 Å². The second kappa shape index (κ2) is 9.39. The zero-order valence-corrected chi connectivity index (χ0v) is 19.0. The molecule has 0 radical (unpaired) electrons. The molecule has 2 aromatic carbocycles. The Bertz CT molecular complexity index is 1310. The van der Waals surface area contributed by atoms with Crippen LogP contribution in [0.4, 0.5) is 11.5 Å². The maximum atomic E-state index is 13.5. The minimum atomic E-state index is -0.220. The first kappa shape index (κ1) is 21.7. The van der Waals surface area contributed by atoms with Gasteiger partial charge in [-0.2, -0.15) is 0 Å². The van der Waals surface area contributed by atoms with Crippen LogP contribution in [0.5, 0.6) is 0 Å². The Balaban J connectivity index is 1.35. The Morgan fingerprint density at radius 2 is 1.68 bits per heavy atom. The van der Waals surface area contributed by atoms with Crippen LogP contribution >= 0.6 is 0 Å². The van der Waals surface area contributed by atoms with Crippen molar-refractivity contribution in [3.05, 3.63) is 89.8 Å². The maximum Gasteiger partial charge on any atom is 0.291 e. The van der Waals surface area contributed by atoms with Crippen molar-refractivity contribution in [1.29, 1.82) is 0 Å². The van der Waals surface area contributed by atoms with Gasteiger partial charge < -0.3 is 19.5 Å². The topological polar surface area (TPSA) is 78.7 Å². The number of amides is 2. The fourth-order valence-corrected chi connectivity index (χ4v) is 4.22. The van der Waals surface area contributed by atoms with E-state index >= 15 is 0 Å². The number of benzene rings is 2. The normalized spacial score (nSPS) is 13.8. The fraction of sp³-hybridized carbons (Fsp3) is 0.222. The van der Waals surface area contributed by atoms with Crippen LogP contribution in [0, 0.1) is 6.92 Å². The third kappa shape index (κ3) is 4.50. The number of nitrogens with one attached hydrogen (secondary N) is 1. The number of aryl methyl sites for hydroxylation is 1. The number of para-hydroxylation sites is 1. The molecule has 1 fully saturated rings. The van der Waals surface area contributed by atoms with Crippen molar-refractivity contribution in [1.82, 2.24) is 9.88 Å². The SMILES string of the molecule is Cc1ccc(CC(=O)Nc2c(C(=O)N3CCN(c4ccccn4)CC3)oc3ccccc23)cc1. The molecule has 1 saturated heterocycles. The molecule has 0 spiro atoms. The van der Waals surface area contributed by atoms with Gasteiger partial charge in [0.25, 0.3) is 5.91 Å². The van der Waals surface area contributed by atoms with Crippen molar-refractivity contribution >= 4 is 34.3 Å². The summed E-state index contributed by atoms with van der Waals surface area (Å²) in [6.45, 7) is 4.46. The first-order chi connectivity index (χ1) is 16.6. The average molecular weight is 455 g/mol. The van der Waals surface area contributed by atoms with E-state index in [1.807, 2.05) is 67.6 Å². The lowest BCUT2D eigenvalue weighted by Crippen LogP contribution is -2.49. The molecule has 5 rings (SSSR count). The summed E-state index contributed by atoms with van der Waals surface area (Å²) in [7, 11) is 0. The number of rotatable bonds is 5. The Hall–Kier alpha value is -4.13. The standard InChI is InChI=1S/C27H26N4O3/c1-19-9-11-20(12-10-19)18-24(32)29-25-21-6-2-3-7-22(21)34-26(25)27(33)31-16-14-30(15-17-31)23-8-4-5-13-28-23/h2-13H,14-18H2,1H3,(H,29,32). The molecule has 3 heterocycles. The Morgan fingerprint density at radius 3 is 2.41 bits per heavy atom. The van der Waals surface area contributed by atoms with Gasteiger partial charge in [0.1, 0.15) is 17.1 Å². The number of pyridine rings is 1. The number of hydrogen-bond acceptors (Lipinski definition) is 5. The van der Waals surface area contributed by atoms with Crippen LogP contribution in [0.15, 0.2) is 77.3 Å². The molecule has 0 aliphatic carbocycles. The highest BCUT2D eigenvalue weighted by Crippen LogP contribution is 2.32. The molecule has 0 unspecified atom stereocenters. The first-order valence-electron chi connectivity index (χ1n) is 11.4. The summed E-state index contributed by atoms with van der Waals surface area (Å²) >= 11 is 0. The second-order valence-electron chi connectivity index (χ2n) is 8.48. The summed E-state index contributed by atoms with van der Waals surface area (Å²) in [5, 5.41) is 3.67. The monoisotopic (exact) mass is 454 g/mol. The van der Waals surface area contributed by atoms with E-state index in [0.29, 0.717) is 37.4 Å². The number of fused-ring (bicyclic) bond motifs is 1. The van der Waals surface area contributed by atoms with Gasteiger partial charge in [-0.3, -0.25) is 9.59 Å². The van der Waals surface area contributed by atoms with E-state index in [1.165, 1.54) is 0 Å². The summed E-state index contributed by atoms with van der Waals surface area (Å²) in [5.74, 6) is 0.666. The number of piperazine rings is 1. The van der Waals surface area contributed by atoms with E-state index in [-0.39, 0.29) is 24.0 Å². The van der Waals surface area contributed by atoms with Crippen molar-refractivity contribution in [3.8, 4) is 0 Å². The minimum Gasteiger partial charge on any atom is -0.449 e. The van der Waals surface area contributed by atoms with E-state index in [4.69, 9.17) is 4.42 Å². The molecule has 0 saturated carbocycles. The van der Waals surface area contributed by atoms with Gasteiger partial charge in [-0.25, -0.2) is 4.98 Å². The molecular weight excluding hydrogens is 428 g/mol. The molecule has 172 valence electrons. The summed E-state index contributed by atoms with van der Waals surface area (Å²) in [4.78, 5) is 34.7. The van der Waals surface area contributed by atoms with Gasteiger partial charge in [0.05, 0.1) is 6.42 Å². The number of hydrogen-bond donors (Lipinski definition) is 1. The summed E-state index contributed by atoms with van der Waals surface area (Å²) in [6.07, 6.45) is 1.99. The number of nitrogens with zero attached hydrogens (tertiary/aromatic N) is 3. The molecule has 0 bridgehead atoms. The second-order valence-corrected chi connectivity index (χ2v) is 8.48. The molecule has 34 heavy (non-hydrogen) atoms. The number of aromatic nitrogens is 1. The number of furan rings is 1. The Labute approximate surface area is 198 Å². The van der Waals surface area contributed by atoms with E-state index in [2.05, 4.69) is 15.2 Å². The Kier molecular flexibility index (Phi) is 5.99. The zero-order valence-electron chi connectivity index (χ0n) is 19.0. The van der Waals surface area contributed by atoms with Gasteiger partial charge in [0.2, 0.25) is 11.7 Å². The zero-order chi connectivity index (χ0) is 23.5. The molecule has 1 aliphatic rings. The smallest absolute Gasteiger partial charge is 0.291 e. The fourth-order valence-electron chi connectivity index (χ4n) is 4.22. The van der Waals surface area contributed by atoms with Gasteiger partial charge in [-0.1, -0.05) is 48.0 Å². The van der Waals surface area contributed by atoms with Crippen molar-refractivity contribution in [2.75, 3.05) is 36.4 Å². The molecule has 1 N–H and O–H groups in total. The molecule has 2 amide bonds. The summed E-state index contributed by atoms with van der Waals surface area (Å²) in [5.41, 5.74) is 3.06. The maximum absolute atomic E-state index is 13.5. The third-order valence-electron chi connectivity index (χ3n) is 6.08. The van der Waals surface area contributed by atoms with Crippen LogP contribution in [0.25, 0.3) is 11.0 Å². The van der Waals surface area contributed by atoms with Crippen molar-refractivity contribution < 1.29 is 14.0 Å². The first-order valence-corrected chi connectivity index (χ1v) is 11.4. The lowest BCUT2D eigenvalue weighted by molar-refractivity contribution is -0.115. The van der Waals surface area contributed by atoms with Crippen LogP contribution in [0.1, 0.15) is 21.7 Å². The van der Waals surface area contributed by atoms with Crippen LogP contribution in [-0.2, 0) is 11.2 Å². The predicted octanol–water partition coefficient (Wildman–Crippen LogP) is 4.28. The third-order valence-corrected chi connectivity index (χ3v) is 6.08. The quantitative estimate of drug-likeness (QED) is 0.487. The van der Waals surface area contributed by atoms with Crippen LogP contribution in [0.3, 0.4) is 0 Å². The van der Waals surface area contributed by atoms with Crippen molar-refractivity contribution in [2.24, 2.45) is 0 Å². The molecular formula is C27H26N4O3. The molecule has 4 aromatic rings. The van der Waals surface area contributed by atoms with Crippen molar-refractivity contribution in [2.45, 2.75) is 13.3 Å². The van der Waals surface area contributed by atoms with Crippen LogP contribution in [0.2, 0.25) is 0 Å². The van der Waals surface area contributed by atoms with E-state index < -0.39 is 0 Å². The lowest BCUT2D eigenvalue weighted by Gasteiger charge is -2.35. The van der Waals surface area contributed by atoms with E-state index in [0.717, 1.165) is 22.3 Å². The van der Waals surface area contributed by atoms with Gasteiger partial charge >= 0.3 is 0 Å². The summed E-state index contributed by atoms with van der Waals surface area (Å²) in [6, 6.07) is 21.0. The van der Waals surface area contributed by atoms with Gasteiger partial charge in [0.15, 0.2) is 0 Å². The van der Waals surface area contributed by atoms with E-state index in [9.17, 15) is 9.59 Å². The molecule has 0 atom stereocenters. The minimum absolute atomic E-state index is 0.171. The van der Waals surface area contributed by atoms with Gasteiger partial charge in [-0.05, 0) is 36.8 Å². The van der Waals surface area contributed by atoms with Crippen molar-refractivity contribution in [3.63, 3.8) is 0 Å². The largest absolute Gasteiger partial charge is 0.449 e. The predicted molar refractivity (Wildman–Crippen MR) is 132 cm³/mol. The van der Waals surface area contributed by atoms with Gasteiger partial charge in [0, 0.05) is 37.8 Å². The van der Waals surface area contributed by atoms with Crippen LogP contribution in [-0.4, -0.2) is 47.9 Å². The van der Waals surface area contributed by atoms with E-state index in [1.54, 1.807) is 17.2 Å². The highest BCUT2D eigenvalue weighted by Gasteiger charge is 2.29. The summed E-state index contributed by atoms with van der Waals surface area (Å²) < 4.78 is 5.96. The molecule has 1 aliphatic heterocycles. The average Bonchev–Trinajstić information content (AvgIpc) is 3.24. The molecule has 2 aromatic heterocycles. The number of anilines is 2. The molecule has 7 nitrogen and oxygen atoms in total. The molecule has 7 heteroatoms. The Morgan fingerprint density at radius 1 is 0.941 bits per heavy atom. The highest BCUT2D eigenvalue weighted by atomic mass is 16.3. The lowest BCUT2D eigenvalue weighted by atomic mass is 10.1. The highest BCUT2D eigenvalue weighted by molar-refractivity contribution is 6.11. The number of carbonyl (C=O) groups is 2. The number of carbonyl (C=O) groups excluding carboxylic acids is 2. The van der Waals surface area contributed by atoms with Gasteiger partial charge in [-0.15, -0.1) is 0 Å².